The first-order chi connectivity index (χ1) is 5.86. The van der Waals surface area contributed by atoms with E-state index in [0.29, 0.717) is 0 Å². The molecule has 1 aliphatic rings. The molecule has 1 N–H and O–H groups in total. The van der Waals surface area contributed by atoms with Gasteiger partial charge in [-0.25, -0.2) is 4.79 Å². The molecule has 0 saturated heterocycles. The zero-order valence-corrected chi connectivity index (χ0v) is 6.76. The average Bonchev–Trinajstić information content (AvgIpc) is 2.55. The normalized spacial score (nSPS) is 10.7. The molecule has 0 amide bonds. The summed E-state index contributed by atoms with van der Waals surface area (Å²) in [6, 6.07) is 1.97. The predicted molar refractivity (Wildman–Crippen MR) is 43.7 cm³/mol. The minimum Gasteiger partial charge on any atom is -0.438 e. The zero-order chi connectivity index (χ0) is 8.39. The molecule has 0 saturated carbocycles. The van der Waals surface area contributed by atoms with Crippen molar-refractivity contribution in [2.45, 2.75) is 0 Å². The predicted octanol–water partition coefficient (Wildman–Crippen LogP) is 1.82. The van der Waals surface area contributed by atoms with Gasteiger partial charge in [0, 0.05) is 6.20 Å². The quantitative estimate of drug-likeness (QED) is 0.541. The number of hydrogen-bond acceptors (Lipinski definition) is 4. The topological polar surface area (TPSA) is 58.5 Å². The number of ether oxygens (including phenoxy) is 1. The first kappa shape index (κ1) is 7.17. The second kappa shape index (κ2) is 2.86. The van der Waals surface area contributed by atoms with E-state index in [1.54, 1.807) is 11.3 Å². The Balaban J connectivity index is 0.0000000939. The molecule has 62 valence electrons. The Labute approximate surface area is 71.4 Å². The summed E-state index contributed by atoms with van der Waals surface area (Å²) >= 11 is 1.65. The second-order valence-electron chi connectivity index (χ2n) is 2.03. The van der Waals surface area contributed by atoms with Crippen LogP contribution in [-0.4, -0.2) is 4.98 Å². The first-order valence-corrected chi connectivity index (χ1v) is 4.12. The summed E-state index contributed by atoms with van der Waals surface area (Å²) in [5, 5.41) is 3.11. The highest BCUT2D eigenvalue weighted by Crippen LogP contribution is 2.49. The van der Waals surface area contributed by atoms with Crippen molar-refractivity contribution in [3.63, 3.8) is 0 Å². The molecule has 0 atom stereocenters. The number of aromatic nitrogens is 1. The van der Waals surface area contributed by atoms with Gasteiger partial charge in [-0.3, -0.25) is 4.98 Å². The summed E-state index contributed by atoms with van der Waals surface area (Å²) in [6.45, 7) is 0. The molecule has 3 heterocycles. The lowest BCUT2D eigenvalue weighted by molar-refractivity contribution is 0.515. The van der Waals surface area contributed by atoms with Crippen LogP contribution >= 0.6 is 11.3 Å². The molecule has 2 aromatic rings. The van der Waals surface area contributed by atoms with Crippen LogP contribution in [0, 0.1) is 0 Å². The van der Waals surface area contributed by atoms with E-state index in [0.717, 1.165) is 10.8 Å². The molecule has 4 nitrogen and oxygen atoms in total. The maximum atomic E-state index is 9.85. The van der Waals surface area contributed by atoms with Gasteiger partial charge in [0.1, 0.15) is 6.26 Å². The minimum absolute atomic E-state index is 0.407. The second-order valence-corrected chi connectivity index (χ2v) is 2.91. The van der Waals surface area contributed by atoms with Crippen LogP contribution in [0.5, 0.6) is 10.8 Å². The van der Waals surface area contributed by atoms with Crippen LogP contribution in [0.25, 0.3) is 0 Å². The van der Waals surface area contributed by atoms with E-state index >= 15 is 0 Å². The number of fused-ring (bicyclic) bond motifs is 1. The van der Waals surface area contributed by atoms with E-state index in [1.807, 2.05) is 11.4 Å². The highest BCUT2D eigenvalue weighted by Gasteiger charge is 2.19. The van der Waals surface area contributed by atoms with Crippen LogP contribution in [-0.2, 0) is 0 Å². The fraction of sp³-hybridized carbons (Fsp3) is 0. The van der Waals surface area contributed by atoms with Gasteiger partial charge in [0.05, 0.1) is 0 Å². The summed E-state index contributed by atoms with van der Waals surface area (Å²) < 4.78 is 9.08. The Morgan fingerprint density at radius 3 is 2.58 bits per heavy atom. The zero-order valence-electron chi connectivity index (χ0n) is 5.94. The fourth-order valence-electron chi connectivity index (χ4n) is 0.648. The molecule has 0 aliphatic carbocycles. The Kier molecular flexibility index (Phi) is 1.71. The molecular weight excluding hydrogens is 178 g/mol. The van der Waals surface area contributed by atoms with Gasteiger partial charge in [-0.2, -0.15) is 0 Å². The summed E-state index contributed by atoms with van der Waals surface area (Å²) in [5.74, 6) is 0.662. The average molecular weight is 183 g/mol. The summed E-state index contributed by atoms with van der Waals surface area (Å²) in [7, 11) is 0. The van der Waals surface area contributed by atoms with Crippen LogP contribution in [0.4, 0.5) is 0 Å². The van der Waals surface area contributed by atoms with Crippen molar-refractivity contribution in [1.82, 2.24) is 4.98 Å². The summed E-state index contributed by atoms with van der Waals surface area (Å²) in [4.78, 5) is 12.1. The van der Waals surface area contributed by atoms with Crippen molar-refractivity contribution < 1.29 is 9.15 Å². The molecular formula is C7H5NO3S. The van der Waals surface area contributed by atoms with Gasteiger partial charge in [-0.05, 0) is 11.4 Å². The fourth-order valence-corrected chi connectivity index (χ4v) is 1.29. The van der Waals surface area contributed by atoms with Crippen molar-refractivity contribution in [3.05, 3.63) is 34.5 Å². The number of hydrogen-bond donors (Lipinski definition) is 1. The third-order valence-corrected chi connectivity index (χ3v) is 1.97. The van der Waals surface area contributed by atoms with Crippen molar-refractivity contribution in [2.75, 3.05) is 0 Å². The maximum Gasteiger partial charge on any atom is 0.416 e. The first-order valence-electron chi connectivity index (χ1n) is 3.24. The number of H-pyrrole nitrogens is 1. The van der Waals surface area contributed by atoms with E-state index in [9.17, 15) is 4.79 Å². The number of oxazole rings is 1. The highest BCUT2D eigenvalue weighted by molar-refractivity contribution is 7.13. The lowest BCUT2D eigenvalue weighted by Gasteiger charge is -1.61. The smallest absolute Gasteiger partial charge is 0.416 e. The SMILES string of the molecule is O=c1[nH]cco1.c1cc2c(s1)O2. The van der Waals surface area contributed by atoms with Gasteiger partial charge in [0.2, 0.25) is 5.06 Å². The minimum atomic E-state index is -0.407. The standard InChI is InChI=1S/C4H2OS.C3H3NO2/c1-2-6-4-3(1)5-4;5-3-4-1-2-6-3/h1-2H;1-2H,(H,4,5). The molecule has 12 heavy (non-hydrogen) atoms. The van der Waals surface area contributed by atoms with Gasteiger partial charge in [0.25, 0.3) is 0 Å². The van der Waals surface area contributed by atoms with Gasteiger partial charge in [-0.1, -0.05) is 0 Å². The maximum absolute atomic E-state index is 9.85. The Hall–Kier alpha value is -1.49. The molecule has 0 spiro atoms. The largest absolute Gasteiger partial charge is 0.438 e. The highest BCUT2D eigenvalue weighted by atomic mass is 32.1. The van der Waals surface area contributed by atoms with Crippen LogP contribution in [0.1, 0.15) is 0 Å². The summed E-state index contributed by atoms with van der Waals surface area (Å²) in [5.41, 5.74) is 0. The van der Waals surface area contributed by atoms with E-state index in [4.69, 9.17) is 4.74 Å². The molecule has 1 aliphatic heterocycles. The van der Waals surface area contributed by atoms with Crippen LogP contribution in [0.3, 0.4) is 0 Å². The lowest BCUT2D eigenvalue weighted by atomic mass is 10.7. The number of nitrogens with one attached hydrogen (secondary N) is 1. The van der Waals surface area contributed by atoms with Crippen LogP contribution in [0.2, 0.25) is 0 Å². The third kappa shape index (κ3) is 1.57. The van der Waals surface area contributed by atoms with Crippen molar-refractivity contribution in [3.8, 4) is 10.8 Å². The van der Waals surface area contributed by atoms with Gasteiger partial charge < -0.3 is 9.15 Å². The number of rotatable bonds is 0. The molecule has 3 rings (SSSR count). The molecule has 5 heteroatoms. The van der Waals surface area contributed by atoms with Crippen molar-refractivity contribution in [2.24, 2.45) is 0 Å². The number of thiophene rings is 1. The van der Waals surface area contributed by atoms with Crippen LogP contribution in [0.15, 0.2) is 33.1 Å². The van der Waals surface area contributed by atoms with Crippen molar-refractivity contribution >= 4 is 11.3 Å². The Morgan fingerprint density at radius 2 is 2.42 bits per heavy atom. The van der Waals surface area contributed by atoms with E-state index in [2.05, 4.69) is 9.40 Å². The van der Waals surface area contributed by atoms with Gasteiger partial charge in [0.15, 0.2) is 5.75 Å². The Morgan fingerprint density at radius 1 is 1.50 bits per heavy atom. The van der Waals surface area contributed by atoms with E-state index < -0.39 is 5.76 Å². The molecule has 0 radical (unpaired) electrons. The summed E-state index contributed by atoms with van der Waals surface area (Å²) in [6.07, 6.45) is 2.73. The van der Waals surface area contributed by atoms with Crippen molar-refractivity contribution in [1.29, 1.82) is 0 Å². The number of aromatic amines is 1. The Bertz CT molecular complexity index is 381. The lowest BCUT2D eigenvalue weighted by Crippen LogP contribution is -1.91. The van der Waals surface area contributed by atoms with Gasteiger partial charge in [-0.15, -0.1) is 11.3 Å². The molecule has 0 fully saturated rings. The van der Waals surface area contributed by atoms with Crippen LogP contribution < -0.4 is 10.5 Å². The molecule has 2 aromatic heterocycles. The van der Waals surface area contributed by atoms with Gasteiger partial charge >= 0.3 is 5.76 Å². The van der Waals surface area contributed by atoms with E-state index in [1.165, 1.54) is 12.5 Å². The molecule has 0 bridgehead atoms. The third-order valence-electron chi connectivity index (χ3n) is 1.20. The molecule has 0 unspecified atom stereocenters. The monoisotopic (exact) mass is 183 g/mol. The van der Waals surface area contributed by atoms with E-state index in [-0.39, 0.29) is 0 Å². The molecule has 0 aromatic carbocycles.